The molecule has 0 amide bonds. The summed E-state index contributed by atoms with van der Waals surface area (Å²) in [4.78, 5) is 4.19. The summed E-state index contributed by atoms with van der Waals surface area (Å²) in [6.45, 7) is 0. The topological polar surface area (TPSA) is 12.9 Å². The number of nitrogens with zero attached hydrogens (tertiary/aromatic N) is 1. The van der Waals surface area contributed by atoms with E-state index in [9.17, 15) is 0 Å². The van der Waals surface area contributed by atoms with Crippen LogP contribution >= 0.6 is 0 Å². The van der Waals surface area contributed by atoms with E-state index in [2.05, 4.69) is 41.4 Å². The number of fused-ring (bicyclic) bond motifs is 7. The minimum atomic E-state index is -5.72. The molecule has 1 heterocycles. The summed E-state index contributed by atoms with van der Waals surface area (Å²) in [6.07, 6.45) is -10.1. The van der Waals surface area contributed by atoms with E-state index in [4.69, 9.17) is 0 Å². The van der Waals surface area contributed by atoms with Gasteiger partial charge in [-0.1, -0.05) is 140 Å². The second-order valence-electron chi connectivity index (χ2n) is 13.5. The zero-order chi connectivity index (χ0) is 36.3. The first kappa shape index (κ1) is 31.5. The Labute approximate surface area is 299 Å². The highest BCUT2D eigenvalue weighted by molar-refractivity contribution is 6.28. The maximum Gasteiger partial charge on any atom is 0.411 e. The third-order valence-corrected chi connectivity index (χ3v) is 11.0. The Hall–Kier alpha value is -6.21. The van der Waals surface area contributed by atoms with Gasteiger partial charge in [0.1, 0.15) is 0 Å². The normalized spacial score (nSPS) is 14.0. The molecule has 2 aliphatic rings. The second-order valence-corrected chi connectivity index (χ2v) is 13.5. The van der Waals surface area contributed by atoms with Crippen molar-refractivity contribution in [3.05, 3.63) is 163 Å². The number of alkyl halides is 6. The Kier molecular flexibility index (Phi) is 6.48. The summed E-state index contributed by atoms with van der Waals surface area (Å²) >= 11 is 0. The molecule has 53 heavy (non-hydrogen) atoms. The van der Waals surface area contributed by atoms with E-state index in [-0.39, 0.29) is 22.4 Å². The molecule has 256 valence electrons. The smallest absolute Gasteiger partial charge is 0.256 e. The van der Waals surface area contributed by atoms with Gasteiger partial charge in [0.05, 0.1) is 5.69 Å². The molecule has 2 aliphatic carbocycles. The standard InChI is InChI=1S/C46H25F6N/c47-45(48,49)44(46(50,51)52)36-21-10-9-18-33(36)43-42(44)32(24-25-53-43)28-22-23-35-39-29(28)19-11-20-34(39)40-37(26-12-3-1-4-13-26)30-16-7-8-17-31(30)38(41(35)40)27-14-5-2-6-15-27/h1-25H. The highest BCUT2D eigenvalue weighted by atomic mass is 19.4. The van der Waals surface area contributed by atoms with Crippen molar-refractivity contribution in [3.8, 4) is 66.9 Å². The van der Waals surface area contributed by atoms with E-state index in [1.54, 1.807) is 12.1 Å². The molecule has 0 spiro atoms. The first-order chi connectivity index (χ1) is 25.6. The van der Waals surface area contributed by atoms with Crippen molar-refractivity contribution in [2.75, 3.05) is 0 Å². The highest BCUT2D eigenvalue weighted by Crippen LogP contribution is 2.66. The fourth-order valence-corrected chi connectivity index (χ4v) is 9.02. The maximum atomic E-state index is 15.4. The van der Waals surface area contributed by atoms with Crippen LogP contribution in [0.15, 0.2) is 152 Å². The Morgan fingerprint density at radius 3 is 1.49 bits per heavy atom. The predicted octanol–water partition coefficient (Wildman–Crippen LogP) is 13.4. The molecular formula is C46H25F6N. The van der Waals surface area contributed by atoms with Crippen LogP contribution in [0.2, 0.25) is 0 Å². The van der Waals surface area contributed by atoms with E-state index in [0.29, 0.717) is 5.39 Å². The number of pyridine rings is 1. The molecule has 7 aromatic carbocycles. The summed E-state index contributed by atoms with van der Waals surface area (Å²) < 4.78 is 92.4. The third-order valence-electron chi connectivity index (χ3n) is 11.0. The van der Waals surface area contributed by atoms with Gasteiger partial charge in [0.25, 0.3) is 0 Å². The quantitative estimate of drug-likeness (QED) is 0.167. The van der Waals surface area contributed by atoms with Crippen LogP contribution < -0.4 is 0 Å². The number of benzene rings is 7. The van der Waals surface area contributed by atoms with Gasteiger partial charge in [0.15, 0.2) is 0 Å². The minimum Gasteiger partial charge on any atom is -0.256 e. The van der Waals surface area contributed by atoms with Crippen LogP contribution in [-0.4, -0.2) is 17.3 Å². The summed E-state index contributed by atoms with van der Waals surface area (Å²) in [5, 5.41) is 3.40. The number of hydrogen-bond acceptors (Lipinski definition) is 1. The highest BCUT2D eigenvalue weighted by Gasteiger charge is 2.76. The molecule has 8 aromatic rings. The van der Waals surface area contributed by atoms with Crippen LogP contribution in [0.5, 0.6) is 0 Å². The van der Waals surface area contributed by atoms with Gasteiger partial charge in [-0.25, -0.2) is 0 Å². The lowest BCUT2D eigenvalue weighted by Crippen LogP contribution is -2.53. The average molecular weight is 706 g/mol. The lowest BCUT2D eigenvalue weighted by Gasteiger charge is -2.36. The molecule has 0 atom stereocenters. The van der Waals surface area contributed by atoms with Gasteiger partial charge in [0.2, 0.25) is 5.41 Å². The van der Waals surface area contributed by atoms with Crippen LogP contribution in [0, 0.1) is 0 Å². The van der Waals surface area contributed by atoms with Gasteiger partial charge >= 0.3 is 12.4 Å². The fourth-order valence-electron chi connectivity index (χ4n) is 9.02. The Morgan fingerprint density at radius 2 is 0.887 bits per heavy atom. The molecule has 0 aliphatic heterocycles. The molecule has 10 rings (SSSR count). The summed E-state index contributed by atoms with van der Waals surface area (Å²) in [5.74, 6) is 0. The Morgan fingerprint density at radius 1 is 0.396 bits per heavy atom. The SMILES string of the molecule is FC(F)(F)C1(C(F)(F)F)c2ccccc2-c2nccc(-c3ccc4c5c(cccc35)-c3c-4c(-c4ccccc4)c4ccccc4c3-c3ccccc3)c21. The van der Waals surface area contributed by atoms with Crippen molar-refractivity contribution in [1.82, 2.24) is 4.98 Å². The van der Waals surface area contributed by atoms with E-state index in [0.717, 1.165) is 66.7 Å². The lowest BCUT2D eigenvalue weighted by atomic mass is 9.74. The molecule has 0 N–H and O–H groups in total. The van der Waals surface area contributed by atoms with E-state index < -0.39 is 28.9 Å². The molecular weight excluding hydrogens is 681 g/mol. The number of hydrogen-bond donors (Lipinski definition) is 0. The van der Waals surface area contributed by atoms with E-state index in [1.165, 1.54) is 30.5 Å². The second kappa shape index (κ2) is 10.9. The van der Waals surface area contributed by atoms with E-state index in [1.807, 2.05) is 66.7 Å². The van der Waals surface area contributed by atoms with Crippen LogP contribution in [0.4, 0.5) is 26.3 Å². The van der Waals surface area contributed by atoms with Crippen molar-refractivity contribution in [1.29, 1.82) is 0 Å². The van der Waals surface area contributed by atoms with Crippen molar-refractivity contribution in [2.45, 2.75) is 17.8 Å². The summed E-state index contributed by atoms with van der Waals surface area (Å²) in [6, 6.07) is 43.6. The molecule has 0 saturated heterocycles. The first-order valence-electron chi connectivity index (χ1n) is 17.1. The van der Waals surface area contributed by atoms with Crippen molar-refractivity contribution in [2.24, 2.45) is 0 Å². The van der Waals surface area contributed by atoms with Gasteiger partial charge in [-0.05, 0) is 88.8 Å². The molecule has 0 fully saturated rings. The average Bonchev–Trinajstić information content (AvgIpc) is 3.67. The third kappa shape index (κ3) is 4.07. The van der Waals surface area contributed by atoms with E-state index >= 15 is 26.3 Å². The fraction of sp³-hybridized carbons (Fsp3) is 0.0652. The van der Waals surface area contributed by atoms with Crippen LogP contribution in [-0.2, 0) is 5.41 Å². The summed E-state index contributed by atoms with van der Waals surface area (Å²) in [5.41, 5.74) is 1.27. The molecule has 0 radical (unpaired) electrons. The van der Waals surface area contributed by atoms with Crippen molar-refractivity contribution >= 4 is 21.5 Å². The van der Waals surface area contributed by atoms with Crippen LogP contribution in [0.25, 0.3) is 88.4 Å². The predicted molar refractivity (Wildman–Crippen MR) is 198 cm³/mol. The minimum absolute atomic E-state index is 0.155. The monoisotopic (exact) mass is 705 g/mol. The van der Waals surface area contributed by atoms with Gasteiger partial charge < -0.3 is 0 Å². The van der Waals surface area contributed by atoms with Gasteiger partial charge in [-0.2, -0.15) is 26.3 Å². The molecule has 0 bridgehead atoms. The van der Waals surface area contributed by atoms with Crippen LogP contribution in [0.1, 0.15) is 11.1 Å². The van der Waals surface area contributed by atoms with Crippen molar-refractivity contribution < 1.29 is 26.3 Å². The molecule has 0 unspecified atom stereocenters. The number of aromatic nitrogens is 1. The van der Waals surface area contributed by atoms with Crippen molar-refractivity contribution in [3.63, 3.8) is 0 Å². The zero-order valence-electron chi connectivity index (χ0n) is 27.6. The lowest BCUT2D eigenvalue weighted by molar-refractivity contribution is -0.287. The largest absolute Gasteiger partial charge is 0.411 e. The molecule has 7 heteroatoms. The maximum absolute atomic E-state index is 15.4. The first-order valence-corrected chi connectivity index (χ1v) is 17.1. The molecule has 1 nitrogen and oxygen atoms in total. The summed E-state index contributed by atoms with van der Waals surface area (Å²) in [7, 11) is 0. The number of rotatable bonds is 3. The van der Waals surface area contributed by atoms with Gasteiger partial charge in [-0.15, -0.1) is 0 Å². The Balaban J connectivity index is 1.34. The zero-order valence-corrected chi connectivity index (χ0v) is 27.6. The van der Waals surface area contributed by atoms with Crippen LogP contribution in [0.3, 0.4) is 0 Å². The Bertz CT molecular complexity index is 2690. The van der Waals surface area contributed by atoms with Gasteiger partial charge in [0, 0.05) is 17.3 Å². The molecule has 1 aromatic heterocycles. The number of halogens is 6. The molecule has 0 saturated carbocycles. The van der Waals surface area contributed by atoms with Gasteiger partial charge in [-0.3, -0.25) is 4.98 Å².